The minimum Gasteiger partial charge on any atom is -0.373 e. The van der Waals surface area contributed by atoms with Gasteiger partial charge in [0.1, 0.15) is 0 Å². The highest BCUT2D eigenvalue weighted by molar-refractivity contribution is 7.10. The molecule has 0 radical (unpaired) electrons. The van der Waals surface area contributed by atoms with Gasteiger partial charge in [-0.3, -0.25) is 0 Å². The molecule has 0 saturated carbocycles. The number of nitrogens with one attached hydrogen (secondary N) is 1. The second kappa shape index (κ2) is 6.38. The van der Waals surface area contributed by atoms with Gasteiger partial charge in [0.05, 0.1) is 6.10 Å². The molecule has 1 aromatic rings. The third kappa shape index (κ3) is 3.58. The van der Waals surface area contributed by atoms with Gasteiger partial charge < -0.3 is 10.1 Å². The van der Waals surface area contributed by atoms with Gasteiger partial charge in [-0.05, 0) is 44.2 Å². The molecule has 1 aliphatic heterocycles. The van der Waals surface area contributed by atoms with E-state index in [4.69, 9.17) is 4.74 Å². The Hall–Kier alpha value is -0.380. The van der Waals surface area contributed by atoms with Crippen molar-refractivity contribution in [2.45, 2.75) is 44.8 Å². The quantitative estimate of drug-likeness (QED) is 0.850. The number of thiophene rings is 1. The summed E-state index contributed by atoms with van der Waals surface area (Å²) in [5.41, 5.74) is 0. The Morgan fingerprint density at radius 2 is 2.50 bits per heavy atom. The first-order valence-corrected chi connectivity index (χ1v) is 7.12. The van der Waals surface area contributed by atoms with Crippen molar-refractivity contribution in [1.29, 1.82) is 0 Å². The Morgan fingerprint density at radius 3 is 3.19 bits per heavy atom. The lowest BCUT2D eigenvalue weighted by atomic mass is 10.0. The van der Waals surface area contributed by atoms with Crippen molar-refractivity contribution >= 4 is 11.3 Å². The summed E-state index contributed by atoms with van der Waals surface area (Å²) >= 11 is 1.78. The van der Waals surface area contributed by atoms with Crippen molar-refractivity contribution < 1.29 is 4.74 Å². The Bertz CT molecular complexity index is 280. The maximum Gasteiger partial charge on any atom is 0.0888 e. The third-order valence-electron chi connectivity index (χ3n) is 3.19. The van der Waals surface area contributed by atoms with Crippen LogP contribution in [0.3, 0.4) is 0 Å². The third-order valence-corrected chi connectivity index (χ3v) is 4.22. The lowest BCUT2D eigenvalue weighted by Crippen LogP contribution is -2.34. The van der Waals surface area contributed by atoms with E-state index in [2.05, 4.69) is 29.8 Å². The van der Waals surface area contributed by atoms with Crippen molar-refractivity contribution in [3.05, 3.63) is 22.4 Å². The van der Waals surface area contributed by atoms with Crippen LogP contribution in [-0.2, 0) is 4.74 Å². The van der Waals surface area contributed by atoms with E-state index in [-0.39, 0.29) is 6.10 Å². The highest BCUT2D eigenvalue weighted by Gasteiger charge is 2.13. The molecule has 1 aromatic heterocycles. The normalized spacial score (nSPS) is 23.2. The summed E-state index contributed by atoms with van der Waals surface area (Å²) in [7, 11) is 0. The molecule has 3 heteroatoms. The molecule has 1 fully saturated rings. The minimum absolute atomic E-state index is 0.253. The van der Waals surface area contributed by atoms with E-state index in [0.29, 0.717) is 6.04 Å². The number of ether oxygens (including phenoxy) is 1. The van der Waals surface area contributed by atoms with E-state index in [9.17, 15) is 0 Å². The average molecular weight is 239 g/mol. The molecular formula is C13H21NOS. The first-order valence-electron chi connectivity index (χ1n) is 6.24. The molecule has 2 atom stereocenters. The molecule has 2 rings (SSSR count). The van der Waals surface area contributed by atoms with E-state index in [1.54, 1.807) is 11.3 Å². The van der Waals surface area contributed by atoms with Crippen LogP contribution in [0.15, 0.2) is 17.5 Å². The second-order valence-electron chi connectivity index (χ2n) is 4.46. The van der Waals surface area contributed by atoms with E-state index in [0.717, 1.165) is 13.0 Å². The van der Waals surface area contributed by atoms with Gasteiger partial charge in [0.15, 0.2) is 0 Å². The minimum atomic E-state index is 0.253. The highest BCUT2D eigenvalue weighted by atomic mass is 32.1. The fraction of sp³-hybridized carbons (Fsp3) is 0.692. The number of hydrogen-bond donors (Lipinski definition) is 1. The first kappa shape index (κ1) is 12.1. The van der Waals surface area contributed by atoms with Crippen LogP contribution in [0.2, 0.25) is 0 Å². The molecule has 2 heterocycles. The topological polar surface area (TPSA) is 21.3 Å². The Balaban J connectivity index is 1.63. The molecule has 1 aliphatic rings. The number of piperidine rings is 1. The molecule has 0 spiro atoms. The zero-order valence-electron chi connectivity index (χ0n) is 9.95. The van der Waals surface area contributed by atoms with E-state index < -0.39 is 0 Å². The predicted molar refractivity (Wildman–Crippen MR) is 68.9 cm³/mol. The summed E-state index contributed by atoms with van der Waals surface area (Å²) < 4.78 is 5.86. The molecule has 1 saturated heterocycles. The molecular weight excluding hydrogens is 218 g/mol. The van der Waals surface area contributed by atoms with Crippen LogP contribution in [-0.4, -0.2) is 19.2 Å². The molecule has 0 unspecified atom stereocenters. The molecule has 90 valence electrons. The lowest BCUT2D eigenvalue weighted by Gasteiger charge is -2.23. The van der Waals surface area contributed by atoms with Gasteiger partial charge >= 0.3 is 0 Å². The second-order valence-corrected chi connectivity index (χ2v) is 5.44. The summed E-state index contributed by atoms with van der Waals surface area (Å²) in [4.78, 5) is 1.33. The number of rotatable bonds is 5. The highest BCUT2D eigenvalue weighted by Crippen LogP contribution is 2.22. The molecule has 1 N–H and O–H groups in total. The van der Waals surface area contributed by atoms with Crippen molar-refractivity contribution in [3.8, 4) is 0 Å². The standard InChI is InChI=1S/C13H21NOS/c1-11(13-6-4-10-16-13)15-9-7-12-5-2-3-8-14-12/h4,6,10-12,14H,2-3,5,7-9H2,1H3/t11-,12+/m1/s1. The average Bonchev–Trinajstić information content (AvgIpc) is 2.84. The van der Waals surface area contributed by atoms with Gasteiger partial charge in [-0.15, -0.1) is 11.3 Å². The van der Waals surface area contributed by atoms with Crippen molar-refractivity contribution in [1.82, 2.24) is 5.32 Å². The van der Waals surface area contributed by atoms with Gasteiger partial charge in [0, 0.05) is 17.5 Å². The van der Waals surface area contributed by atoms with Gasteiger partial charge in [-0.25, -0.2) is 0 Å². The van der Waals surface area contributed by atoms with Crippen LogP contribution in [0.4, 0.5) is 0 Å². The SMILES string of the molecule is C[C@@H](OCC[C@@H]1CCCCN1)c1cccs1. The Labute approximate surface area is 102 Å². The molecule has 16 heavy (non-hydrogen) atoms. The molecule has 0 bridgehead atoms. The molecule has 0 aromatic carbocycles. The van der Waals surface area contributed by atoms with E-state index in [1.165, 1.54) is 30.7 Å². The number of hydrogen-bond acceptors (Lipinski definition) is 3. The predicted octanol–water partition coefficient (Wildman–Crippen LogP) is 3.36. The lowest BCUT2D eigenvalue weighted by molar-refractivity contribution is 0.0595. The van der Waals surface area contributed by atoms with Crippen molar-refractivity contribution in [2.24, 2.45) is 0 Å². The van der Waals surface area contributed by atoms with Crippen LogP contribution < -0.4 is 5.32 Å². The smallest absolute Gasteiger partial charge is 0.0888 e. The van der Waals surface area contributed by atoms with Gasteiger partial charge in [0.25, 0.3) is 0 Å². The maximum absolute atomic E-state index is 5.86. The van der Waals surface area contributed by atoms with Crippen LogP contribution in [0, 0.1) is 0 Å². The molecule has 2 nitrogen and oxygen atoms in total. The van der Waals surface area contributed by atoms with Crippen LogP contribution >= 0.6 is 11.3 Å². The molecule has 0 amide bonds. The largest absolute Gasteiger partial charge is 0.373 e. The summed E-state index contributed by atoms with van der Waals surface area (Å²) in [6.07, 6.45) is 5.43. The summed E-state index contributed by atoms with van der Waals surface area (Å²) in [5, 5.41) is 5.66. The van der Waals surface area contributed by atoms with Crippen LogP contribution in [0.1, 0.15) is 43.6 Å². The van der Waals surface area contributed by atoms with Crippen molar-refractivity contribution in [2.75, 3.05) is 13.2 Å². The summed E-state index contributed by atoms with van der Waals surface area (Å²) in [6, 6.07) is 4.92. The fourth-order valence-electron chi connectivity index (χ4n) is 2.16. The van der Waals surface area contributed by atoms with E-state index in [1.807, 2.05) is 0 Å². The van der Waals surface area contributed by atoms with Crippen molar-refractivity contribution in [3.63, 3.8) is 0 Å². The Morgan fingerprint density at radius 1 is 1.56 bits per heavy atom. The van der Waals surface area contributed by atoms with Gasteiger partial charge in [0.2, 0.25) is 0 Å². The van der Waals surface area contributed by atoms with E-state index >= 15 is 0 Å². The molecule has 0 aliphatic carbocycles. The maximum atomic E-state index is 5.86. The van der Waals surface area contributed by atoms with Crippen LogP contribution in [0.5, 0.6) is 0 Å². The van der Waals surface area contributed by atoms with Gasteiger partial charge in [-0.2, -0.15) is 0 Å². The monoisotopic (exact) mass is 239 g/mol. The zero-order valence-corrected chi connectivity index (χ0v) is 10.8. The van der Waals surface area contributed by atoms with Crippen LogP contribution in [0.25, 0.3) is 0 Å². The summed E-state index contributed by atoms with van der Waals surface area (Å²) in [5.74, 6) is 0. The fourth-order valence-corrected chi connectivity index (χ4v) is 2.89. The Kier molecular flexibility index (Phi) is 4.82. The van der Waals surface area contributed by atoms with Gasteiger partial charge in [-0.1, -0.05) is 12.5 Å². The zero-order chi connectivity index (χ0) is 11.2. The first-order chi connectivity index (χ1) is 7.86. The summed E-state index contributed by atoms with van der Waals surface area (Å²) in [6.45, 7) is 4.20.